The van der Waals surface area contributed by atoms with Gasteiger partial charge in [0.25, 0.3) is 0 Å². The van der Waals surface area contributed by atoms with Crippen LogP contribution in [0.25, 0.3) is 115 Å². The number of aromatic nitrogens is 4. The van der Waals surface area contributed by atoms with E-state index in [1.807, 2.05) is 29.5 Å². The largest absolute Gasteiger partial charge is 0.231 e. The van der Waals surface area contributed by atoms with Crippen LogP contribution < -0.4 is 0 Å². The molecule has 12 aromatic rings. The Morgan fingerprint density at radius 1 is 0.355 bits per heavy atom. The number of fused-ring (bicyclic) bond motifs is 6. The number of rotatable bonds is 7. The number of hydrogen-bond acceptors (Lipinski definition) is 4. The lowest BCUT2D eigenvalue weighted by Gasteiger charge is -2.12. The molecule has 0 fully saturated rings. The van der Waals surface area contributed by atoms with Crippen LogP contribution in [0.4, 0.5) is 0 Å². The first-order chi connectivity index (χ1) is 30.7. The van der Waals surface area contributed by atoms with E-state index >= 15 is 0 Å². The zero-order valence-electron chi connectivity index (χ0n) is 33.5. The van der Waals surface area contributed by atoms with Crippen molar-refractivity contribution in [1.82, 2.24) is 19.6 Å². The van der Waals surface area contributed by atoms with Gasteiger partial charge < -0.3 is 0 Å². The molecule has 0 saturated heterocycles. The highest BCUT2D eigenvalue weighted by Crippen LogP contribution is 2.42. The van der Waals surface area contributed by atoms with Crippen molar-refractivity contribution >= 4 is 47.8 Å². The Hall–Kier alpha value is -7.99. The molecular weight excluding hydrogens is 773 g/mol. The minimum Gasteiger partial charge on any atom is -0.231 e. The highest BCUT2D eigenvalue weighted by molar-refractivity contribution is 7.25. The van der Waals surface area contributed by atoms with Crippen molar-refractivity contribution in [3.63, 3.8) is 0 Å². The molecule has 8 aromatic carbocycles. The van der Waals surface area contributed by atoms with Crippen molar-refractivity contribution in [3.05, 3.63) is 218 Å². The summed E-state index contributed by atoms with van der Waals surface area (Å²) in [5.41, 5.74) is 14.4. The van der Waals surface area contributed by atoms with Gasteiger partial charge in [-0.15, -0.1) is 11.3 Å². The molecule has 0 aliphatic carbocycles. The Kier molecular flexibility index (Phi) is 8.65. The second-order valence-electron chi connectivity index (χ2n) is 15.6. The first-order valence-electron chi connectivity index (χ1n) is 20.8. The lowest BCUT2D eigenvalue weighted by molar-refractivity contribution is 0.979. The number of nitrogens with zero attached hydrogens (tertiary/aromatic N) is 4. The van der Waals surface area contributed by atoms with Crippen LogP contribution in [0.5, 0.6) is 0 Å². The molecule has 12 rings (SSSR count). The first kappa shape index (κ1) is 35.9. The highest BCUT2D eigenvalue weighted by atomic mass is 32.1. The molecule has 0 amide bonds. The van der Waals surface area contributed by atoms with Crippen LogP contribution in [0.1, 0.15) is 0 Å². The molecule has 0 saturated carbocycles. The van der Waals surface area contributed by atoms with Gasteiger partial charge in [-0.05, 0) is 52.4 Å². The van der Waals surface area contributed by atoms with Gasteiger partial charge in [0.1, 0.15) is 5.69 Å². The van der Waals surface area contributed by atoms with Crippen LogP contribution in [0.3, 0.4) is 0 Å². The van der Waals surface area contributed by atoms with E-state index in [9.17, 15) is 0 Å². The highest BCUT2D eigenvalue weighted by Gasteiger charge is 2.22. The number of pyridine rings is 1. The number of hydrogen-bond donors (Lipinski definition) is 0. The van der Waals surface area contributed by atoms with E-state index in [0.29, 0.717) is 5.82 Å². The summed E-state index contributed by atoms with van der Waals surface area (Å²) in [6.07, 6.45) is 0. The second kappa shape index (κ2) is 14.9. The van der Waals surface area contributed by atoms with Crippen molar-refractivity contribution in [1.29, 1.82) is 0 Å². The maximum Gasteiger partial charge on any atom is 0.160 e. The van der Waals surface area contributed by atoms with Crippen LogP contribution in [0, 0.1) is 0 Å². The van der Waals surface area contributed by atoms with Crippen LogP contribution >= 0.6 is 11.3 Å². The molecule has 0 N–H and O–H groups in total. The van der Waals surface area contributed by atoms with Crippen LogP contribution in [0.15, 0.2) is 218 Å². The molecule has 0 atom stereocenters. The van der Waals surface area contributed by atoms with Gasteiger partial charge in [-0.1, -0.05) is 188 Å². The fourth-order valence-corrected chi connectivity index (χ4v) is 9.95. The lowest BCUT2D eigenvalue weighted by Crippen LogP contribution is -1.96. The topological polar surface area (TPSA) is 43.1 Å². The Morgan fingerprint density at radius 2 is 0.935 bits per heavy atom. The predicted molar refractivity (Wildman–Crippen MR) is 259 cm³/mol. The zero-order valence-corrected chi connectivity index (χ0v) is 34.3. The minimum atomic E-state index is 0.683. The Morgan fingerprint density at radius 3 is 1.71 bits per heavy atom. The van der Waals surface area contributed by atoms with E-state index in [-0.39, 0.29) is 0 Å². The summed E-state index contributed by atoms with van der Waals surface area (Å²) >= 11 is 1.85. The summed E-state index contributed by atoms with van der Waals surface area (Å²) in [6, 6.07) is 77.3. The van der Waals surface area contributed by atoms with Crippen molar-refractivity contribution in [3.8, 4) is 78.7 Å². The van der Waals surface area contributed by atoms with Crippen LogP contribution in [0.2, 0.25) is 0 Å². The normalized spacial score (nSPS) is 11.5. The average Bonchev–Trinajstić information content (AvgIpc) is 3.94. The van der Waals surface area contributed by atoms with Crippen molar-refractivity contribution in [2.75, 3.05) is 0 Å². The van der Waals surface area contributed by atoms with E-state index < -0.39 is 0 Å². The first-order valence-corrected chi connectivity index (χ1v) is 21.7. The van der Waals surface area contributed by atoms with Crippen molar-refractivity contribution in [2.24, 2.45) is 0 Å². The van der Waals surface area contributed by atoms with Crippen LogP contribution in [-0.2, 0) is 0 Å². The summed E-state index contributed by atoms with van der Waals surface area (Å²) in [5.74, 6) is 0.683. The third-order valence-electron chi connectivity index (χ3n) is 11.8. The van der Waals surface area contributed by atoms with Crippen molar-refractivity contribution in [2.45, 2.75) is 0 Å². The molecule has 5 heteroatoms. The Balaban J connectivity index is 1.01. The lowest BCUT2D eigenvalue weighted by atomic mass is 9.95. The smallest absolute Gasteiger partial charge is 0.160 e. The fraction of sp³-hybridized carbons (Fsp3) is 0. The van der Waals surface area contributed by atoms with Gasteiger partial charge in [-0.2, -0.15) is 5.10 Å². The summed E-state index contributed by atoms with van der Waals surface area (Å²) in [6.45, 7) is 0. The number of thiophene rings is 1. The molecule has 0 aliphatic heterocycles. The molecule has 0 bridgehead atoms. The van der Waals surface area contributed by atoms with Gasteiger partial charge in [-0.3, -0.25) is 0 Å². The maximum absolute atomic E-state index is 5.44. The SMILES string of the molecule is c1ccc(-c2nc(-c3ccc(-c4ccc5c(c4)sc4ccccc45)cc3)cc(-c3cccc(-c4c(-c5ccccc5)nn5c(-c6ccccc6)cc6ccccc6c45)c3)n2)cc1. The molecule has 62 heavy (non-hydrogen) atoms. The molecule has 0 unspecified atom stereocenters. The number of benzene rings is 8. The third-order valence-corrected chi connectivity index (χ3v) is 13.0. The van der Waals surface area contributed by atoms with Gasteiger partial charge in [0.15, 0.2) is 5.82 Å². The minimum absolute atomic E-state index is 0.683. The van der Waals surface area contributed by atoms with E-state index in [4.69, 9.17) is 15.1 Å². The Labute approximate surface area is 362 Å². The summed E-state index contributed by atoms with van der Waals surface area (Å²) in [5, 5.41) is 10.4. The van der Waals surface area contributed by atoms with Gasteiger partial charge >= 0.3 is 0 Å². The molecular formula is C57H36N4S. The third kappa shape index (κ3) is 6.26. The van der Waals surface area contributed by atoms with Crippen LogP contribution in [-0.4, -0.2) is 19.6 Å². The van der Waals surface area contributed by atoms with Crippen molar-refractivity contribution < 1.29 is 0 Å². The molecule has 4 aromatic heterocycles. The predicted octanol–water partition coefficient (Wildman–Crippen LogP) is 15.3. The van der Waals surface area contributed by atoms with Gasteiger partial charge in [-0.25, -0.2) is 14.5 Å². The fourth-order valence-electron chi connectivity index (χ4n) is 8.81. The Bertz CT molecular complexity index is 3610. The van der Waals surface area contributed by atoms with E-state index in [0.717, 1.165) is 78.0 Å². The van der Waals surface area contributed by atoms with Gasteiger partial charge in [0.05, 0.1) is 22.6 Å². The maximum atomic E-state index is 5.44. The summed E-state index contributed by atoms with van der Waals surface area (Å²) < 4.78 is 4.76. The molecule has 290 valence electrons. The molecule has 4 heterocycles. The zero-order chi connectivity index (χ0) is 41.0. The quantitative estimate of drug-likeness (QED) is 0.161. The average molecular weight is 809 g/mol. The molecule has 4 nitrogen and oxygen atoms in total. The molecule has 0 aliphatic rings. The van der Waals surface area contributed by atoms with E-state index in [1.54, 1.807) is 0 Å². The van der Waals surface area contributed by atoms with Gasteiger partial charge in [0.2, 0.25) is 0 Å². The van der Waals surface area contributed by atoms with E-state index in [2.05, 4.69) is 205 Å². The molecule has 0 radical (unpaired) electrons. The molecule has 0 spiro atoms. The van der Waals surface area contributed by atoms with Gasteiger partial charge in [0, 0.05) is 58.9 Å². The monoisotopic (exact) mass is 808 g/mol. The summed E-state index contributed by atoms with van der Waals surface area (Å²) in [4.78, 5) is 10.4. The standard InChI is InChI=1S/C57H36N4S/c1-4-15-39(16-5-1)51-34-43-21-10-11-24-46(43)56-54(55(60-61(51)56)40-17-6-2-7-18-40)45-23-14-22-44(33-45)50-36-49(58-57(59-50)41-19-8-3-9-20-41)38-29-27-37(28-30-38)42-31-32-48-47-25-12-13-26-52(47)62-53(48)35-42/h1-36H. The second-order valence-corrected chi connectivity index (χ2v) is 16.7. The summed E-state index contributed by atoms with van der Waals surface area (Å²) in [7, 11) is 0. The van der Waals surface area contributed by atoms with E-state index in [1.165, 1.54) is 31.3 Å².